The molecule has 4 nitrogen and oxygen atoms in total. The Morgan fingerprint density at radius 1 is 0.581 bits per heavy atom. The highest BCUT2D eigenvalue weighted by molar-refractivity contribution is 7.49. The summed E-state index contributed by atoms with van der Waals surface area (Å²) >= 11 is 0. The topological polar surface area (TPSA) is 44.8 Å². The molecule has 4 aromatic carbocycles. The Balaban J connectivity index is 1.44. The van der Waals surface area contributed by atoms with Crippen molar-refractivity contribution in [2.75, 3.05) is 6.61 Å². The second-order valence-corrected chi connectivity index (χ2v) is 8.80. The first-order valence-corrected chi connectivity index (χ1v) is 11.6. The molecule has 0 unspecified atom stereocenters. The number of hydrogen-bond donors (Lipinski definition) is 0. The normalized spacial score (nSPS) is 12.8. The van der Waals surface area contributed by atoms with Gasteiger partial charge in [-0.05, 0) is 46.5 Å². The minimum Gasteiger partial charge on any atom is -0.395 e. The third-order valence-electron chi connectivity index (χ3n) is 5.28. The van der Waals surface area contributed by atoms with Gasteiger partial charge in [-0.25, -0.2) is 4.57 Å². The highest BCUT2D eigenvalue weighted by atomic mass is 31.2. The maximum Gasteiger partial charge on any atom is 0.587 e. The van der Waals surface area contributed by atoms with Gasteiger partial charge in [0.05, 0.1) is 6.61 Å². The van der Waals surface area contributed by atoms with Crippen molar-refractivity contribution < 1.29 is 18.1 Å². The summed E-state index contributed by atoms with van der Waals surface area (Å²) in [6, 6.07) is 34.3. The number of fused-ring (bicyclic) bond motifs is 3. The molecule has 154 valence electrons. The highest BCUT2D eigenvalue weighted by Gasteiger charge is 2.35. The van der Waals surface area contributed by atoms with Gasteiger partial charge in [-0.2, -0.15) is 0 Å². The molecule has 31 heavy (non-hydrogen) atoms. The van der Waals surface area contributed by atoms with Crippen LogP contribution in [0.15, 0.2) is 109 Å². The maximum absolute atomic E-state index is 13.7. The molecule has 4 aromatic rings. The lowest BCUT2D eigenvalue weighted by molar-refractivity contribution is 0.204. The van der Waals surface area contributed by atoms with E-state index in [0.29, 0.717) is 11.5 Å². The van der Waals surface area contributed by atoms with Crippen molar-refractivity contribution in [2.45, 2.75) is 5.92 Å². The van der Waals surface area contributed by atoms with E-state index in [1.54, 1.807) is 24.3 Å². The quantitative estimate of drug-likeness (QED) is 0.295. The Morgan fingerprint density at radius 3 is 1.48 bits per heavy atom. The molecule has 0 heterocycles. The highest BCUT2D eigenvalue weighted by Crippen LogP contribution is 2.52. The van der Waals surface area contributed by atoms with Crippen LogP contribution in [0.3, 0.4) is 0 Å². The molecule has 0 spiro atoms. The van der Waals surface area contributed by atoms with Gasteiger partial charge < -0.3 is 9.05 Å². The third-order valence-corrected chi connectivity index (χ3v) is 6.62. The molecular formula is C26H21O4P. The van der Waals surface area contributed by atoms with Gasteiger partial charge in [-0.15, -0.1) is 0 Å². The summed E-state index contributed by atoms with van der Waals surface area (Å²) in [6.07, 6.45) is 0. The molecule has 1 aliphatic carbocycles. The van der Waals surface area contributed by atoms with Gasteiger partial charge >= 0.3 is 7.82 Å². The maximum atomic E-state index is 13.7. The van der Waals surface area contributed by atoms with Crippen molar-refractivity contribution in [3.05, 3.63) is 120 Å². The molecule has 0 radical (unpaired) electrons. The third kappa shape index (κ3) is 4.13. The van der Waals surface area contributed by atoms with E-state index in [1.807, 2.05) is 60.7 Å². The van der Waals surface area contributed by atoms with E-state index in [1.165, 1.54) is 11.1 Å². The minimum atomic E-state index is -3.94. The zero-order valence-electron chi connectivity index (χ0n) is 16.8. The largest absolute Gasteiger partial charge is 0.587 e. The van der Waals surface area contributed by atoms with Crippen LogP contribution in [0.4, 0.5) is 0 Å². The van der Waals surface area contributed by atoms with Crippen molar-refractivity contribution in [3.63, 3.8) is 0 Å². The summed E-state index contributed by atoms with van der Waals surface area (Å²) in [5, 5.41) is 0. The van der Waals surface area contributed by atoms with E-state index < -0.39 is 7.82 Å². The van der Waals surface area contributed by atoms with Crippen LogP contribution < -0.4 is 9.05 Å². The summed E-state index contributed by atoms with van der Waals surface area (Å²) in [4.78, 5) is 0. The number of para-hydroxylation sites is 2. The molecule has 5 heteroatoms. The molecular weight excluding hydrogens is 407 g/mol. The predicted molar refractivity (Wildman–Crippen MR) is 121 cm³/mol. The molecule has 0 atom stereocenters. The van der Waals surface area contributed by atoms with Gasteiger partial charge in [0.2, 0.25) is 0 Å². The summed E-state index contributed by atoms with van der Waals surface area (Å²) in [5.41, 5.74) is 4.65. The van der Waals surface area contributed by atoms with Crippen LogP contribution >= 0.6 is 7.82 Å². The van der Waals surface area contributed by atoms with Crippen LogP contribution in [0, 0.1) is 0 Å². The first-order chi connectivity index (χ1) is 15.2. The van der Waals surface area contributed by atoms with E-state index in [0.717, 1.165) is 11.1 Å². The van der Waals surface area contributed by atoms with E-state index >= 15 is 0 Å². The van der Waals surface area contributed by atoms with Gasteiger partial charge in [-0.1, -0.05) is 84.9 Å². The van der Waals surface area contributed by atoms with Crippen LogP contribution in [0.25, 0.3) is 11.1 Å². The fourth-order valence-electron chi connectivity index (χ4n) is 3.90. The summed E-state index contributed by atoms with van der Waals surface area (Å²) in [5.74, 6) is 0.794. The molecule has 0 fully saturated rings. The Morgan fingerprint density at radius 2 is 1.00 bits per heavy atom. The van der Waals surface area contributed by atoms with Crippen molar-refractivity contribution in [1.82, 2.24) is 0 Å². The second kappa shape index (κ2) is 8.43. The monoisotopic (exact) mass is 428 g/mol. The summed E-state index contributed by atoms with van der Waals surface area (Å²) in [7, 11) is -3.94. The van der Waals surface area contributed by atoms with E-state index in [4.69, 9.17) is 13.6 Å². The molecule has 0 aliphatic heterocycles. The van der Waals surface area contributed by atoms with Crippen molar-refractivity contribution in [1.29, 1.82) is 0 Å². The van der Waals surface area contributed by atoms with Crippen LogP contribution in [0.1, 0.15) is 17.0 Å². The summed E-state index contributed by atoms with van der Waals surface area (Å²) in [6.45, 7) is 0.172. The lowest BCUT2D eigenvalue weighted by atomic mass is 9.98. The van der Waals surface area contributed by atoms with Crippen molar-refractivity contribution in [2.24, 2.45) is 0 Å². The van der Waals surface area contributed by atoms with Gasteiger partial charge in [0, 0.05) is 5.92 Å². The number of rotatable bonds is 7. The van der Waals surface area contributed by atoms with Crippen LogP contribution in [0.2, 0.25) is 0 Å². The zero-order chi connectivity index (χ0) is 21.1. The number of benzene rings is 4. The molecule has 1 aliphatic rings. The van der Waals surface area contributed by atoms with Gasteiger partial charge in [0.25, 0.3) is 0 Å². The van der Waals surface area contributed by atoms with Crippen LogP contribution in [-0.4, -0.2) is 6.61 Å². The fourth-order valence-corrected chi connectivity index (χ4v) is 5.13. The molecule has 0 saturated carbocycles. The summed E-state index contributed by atoms with van der Waals surface area (Å²) < 4.78 is 31.1. The average molecular weight is 428 g/mol. The second-order valence-electron chi connectivity index (χ2n) is 7.28. The zero-order valence-corrected chi connectivity index (χ0v) is 17.7. The SMILES string of the molecule is O=P(OCC1c2ccccc2-c2ccccc21)(Oc1ccccc1)Oc1ccccc1. The van der Waals surface area contributed by atoms with Crippen LogP contribution in [-0.2, 0) is 9.09 Å². The molecule has 0 saturated heterocycles. The minimum absolute atomic E-state index is 0.0560. The van der Waals surface area contributed by atoms with E-state index in [2.05, 4.69) is 24.3 Å². The standard InChI is InChI=1S/C26H21O4P/c27-31(29-20-11-3-1-4-12-20,30-21-13-5-2-6-14-21)28-19-26-24-17-9-7-15-22(24)23-16-8-10-18-25(23)26/h1-18,26H,19H2. The first kappa shape index (κ1) is 19.6. The molecule has 0 aromatic heterocycles. The Hall–Kier alpha value is -3.33. The number of phosphoric ester groups is 1. The van der Waals surface area contributed by atoms with Crippen LogP contribution in [0.5, 0.6) is 11.5 Å². The Kier molecular flexibility index (Phi) is 5.33. The van der Waals surface area contributed by atoms with Gasteiger partial charge in [0.1, 0.15) is 11.5 Å². The van der Waals surface area contributed by atoms with Gasteiger partial charge in [-0.3, -0.25) is 4.52 Å². The molecule has 0 N–H and O–H groups in total. The van der Waals surface area contributed by atoms with E-state index in [9.17, 15) is 4.57 Å². The molecule has 0 bridgehead atoms. The van der Waals surface area contributed by atoms with Crippen molar-refractivity contribution in [3.8, 4) is 22.6 Å². The first-order valence-electron chi connectivity index (χ1n) is 10.1. The Labute approximate surface area is 181 Å². The lowest BCUT2D eigenvalue weighted by Gasteiger charge is -2.21. The number of phosphoric acid groups is 1. The Bertz CT molecular complexity index is 1130. The van der Waals surface area contributed by atoms with Gasteiger partial charge in [0.15, 0.2) is 0 Å². The lowest BCUT2D eigenvalue weighted by Crippen LogP contribution is -2.11. The smallest absolute Gasteiger partial charge is 0.395 e. The average Bonchev–Trinajstić information content (AvgIpc) is 3.13. The predicted octanol–water partition coefficient (Wildman–Crippen LogP) is 7.08. The van der Waals surface area contributed by atoms with Crippen molar-refractivity contribution >= 4 is 7.82 Å². The molecule has 0 amide bonds. The van der Waals surface area contributed by atoms with E-state index in [-0.39, 0.29) is 12.5 Å². The number of hydrogen-bond acceptors (Lipinski definition) is 4. The fraction of sp³-hybridized carbons (Fsp3) is 0.0769. The molecule has 5 rings (SSSR count).